The molecular weight excluding hydrogens is 212 g/mol. The topological polar surface area (TPSA) is 29.5 Å². The first-order chi connectivity index (χ1) is 8.23. The third-order valence-corrected chi connectivity index (χ3v) is 5.15. The molecule has 1 N–H and O–H groups in total. The molecule has 2 nitrogen and oxygen atoms in total. The van der Waals surface area contributed by atoms with Gasteiger partial charge in [-0.3, -0.25) is 0 Å². The Morgan fingerprint density at radius 2 is 1.59 bits per heavy atom. The Morgan fingerprint density at radius 3 is 2.24 bits per heavy atom. The standard InChI is InChI=1S/C15H26O2/c16-15(9-8-12-4-2-1-3-5-12)10-13-6-7-14(11-15)17-13/h12-14,16H,1-11H2. The fourth-order valence-corrected chi connectivity index (χ4v) is 4.16. The Labute approximate surface area is 105 Å². The van der Waals surface area contributed by atoms with Gasteiger partial charge in [0.05, 0.1) is 17.8 Å². The van der Waals surface area contributed by atoms with E-state index in [-0.39, 0.29) is 5.60 Å². The predicted octanol–water partition coefficient (Wildman–Crippen LogP) is 3.42. The Hall–Kier alpha value is -0.0800. The summed E-state index contributed by atoms with van der Waals surface area (Å²) in [4.78, 5) is 0. The molecule has 2 aliphatic heterocycles. The second-order valence-corrected chi connectivity index (χ2v) is 6.63. The zero-order valence-electron chi connectivity index (χ0n) is 10.9. The number of aliphatic hydroxyl groups is 1. The molecule has 3 rings (SSSR count). The van der Waals surface area contributed by atoms with Gasteiger partial charge in [-0.05, 0) is 31.6 Å². The molecule has 0 amide bonds. The summed E-state index contributed by atoms with van der Waals surface area (Å²) in [5.41, 5.74) is -0.387. The van der Waals surface area contributed by atoms with Gasteiger partial charge in [-0.1, -0.05) is 32.1 Å². The van der Waals surface area contributed by atoms with E-state index in [1.54, 1.807) is 0 Å². The van der Waals surface area contributed by atoms with Crippen LogP contribution in [0.25, 0.3) is 0 Å². The lowest BCUT2D eigenvalue weighted by Crippen LogP contribution is -2.41. The highest BCUT2D eigenvalue weighted by atomic mass is 16.5. The Kier molecular flexibility index (Phi) is 3.45. The van der Waals surface area contributed by atoms with Gasteiger partial charge in [0.1, 0.15) is 0 Å². The molecule has 0 spiro atoms. The maximum atomic E-state index is 10.7. The number of fused-ring (bicyclic) bond motifs is 2. The van der Waals surface area contributed by atoms with Crippen LogP contribution in [-0.4, -0.2) is 22.9 Å². The lowest BCUT2D eigenvalue weighted by atomic mass is 9.79. The van der Waals surface area contributed by atoms with Crippen LogP contribution >= 0.6 is 0 Å². The first-order valence-electron chi connectivity index (χ1n) is 7.61. The zero-order chi connectivity index (χ0) is 11.7. The van der Waals surface area contributed by atoms with Crippen molar-refractivity contribution in [2.45, 2.75) is 88.4 Å². The van der Waals surface area contributed by atoms with Crippen molar-refractivity contribution in [1.29, 1.82) is 0 Å². The third-order valence-electron chi connectivity index (χ3n) is 5.15. The molecule has 98 valence electrons. The van der Waals surface area contributed by atoms with Gasteiger partial charge in [-0.2, -0.15) is 0 Å². The predicted molar refractivity (Wildman–Crippen MR) is 67.9 cm³/mol. The summed E-state index contributed by atoms with van der Waals surface area (Å²) in [5, 5.41) is 10.7. The molecule has 17 heavy (non-hydrogen) atoms. The third kappa shape index (κ3) is 2.85. The molecule has 2 saturated heterocycles. The normalized spacial score (nSPS) is 42.9. The fourth-order valence-electron chi connectivity index (χ4n) is 4.16. The van der Waals surface area contributed by atoms with Gasteiger partial charge in [0.15, 0.2) is 0 Å². The van der Waals surface area contributed by atoms with E-state index in [0.29, 0.717) is 12.2 Å². The molecule has 0 aromatic carbocycles. The quantitative estimate of drug-likeness (QED) is 0.816. The van der Waals surface area contributed by atoms with Gasteiger partial charge in [0.2, 0.25) is 0 Å². The van der Waals surface area contributed by atoms with E-state index in [2.05, 4.69) is 0 Å². The SMILES string of the molecule is OC1(CCC2CCCCC2)CC2CCC(C1)O2. The molecule has 2 heterocycles. The molecule has 2 bridgehead atoms. The van der Waals surface area contributed by atoms with Gasteiger partial charge in [-0.15, -0.1) is 0 Å². The molecule has 1 saturated carbocycles. The molecule has 0 radical (unpaired) electrons. The number of rotatable bonds is 3. The smallest absolute Gasteiger partial charge is 0.0697 e. The van der Waals surface area contributed by atoms with E-state index >= 15 is 0 Å². The average Bonchev–Trinajstić information content (AvgIpc) is 2.69. The second kappa shape index (κ2) is 4.89. The molecule has 2 atom stereocenters. The second-order valence-electron chi connectivity index (χ2n) is 6.63. The highest BCUT2D eigenvalue weighted by Gasteiger charge is 2.43. The van der Waals surface area contributed by atoms with Gasteiger partial charge < -0.3 is 9.84 Å². The van der Waals surface area contributed by atoms with Crippen molar-refractivity contribution in [2.75, 3.05) is 0 Å². The first kappa shape index (κ1) is 12.0. The summed E-state index contributed by atoms with van der Waals surface area (Å²) in [6.45, 7) is 0. The average molecular weight is 238 g/mol. The number of ether oxygens (including phenoxy) is 1. The summed E-state index contributed by atoms with van der Waals surface area (Å²) in [6.07, 6.45) is 14.2. The minimum Gasteiger partial charge on any atom is -0.390 e. The van der Waals surface area contributed by atoms with Gasteiger partial charge >= 0.3 is 0 Å². The first-order valence-corrected chi connectivity index (χ1v) is 7.61. The number of hydrogen-bond acceptors (Lipinski definition) is 2. The maximum Gasteiger partial charge on any atom is 0.0697 e. The number of hydrogen-bond donors (Lipinski definition) is 1. The molecule has 0 aromatic rings. The minimum absolute atomic E-state index is 0.366. The summed E-state index contributed by atoms with van der Waals surface area (Å²) in [7, 11) is 0. The van der Waals surface area contributed by atoms with Crippen molar-refractivity contribution < 1.29 is 9.84 Å². The van der Waals surface area contributed by atoms with Crippen LogP contribution in [0.4, 0.5) is 0 Å². The van der Waals surface area contributed by atoms with Gasteiger partial charge in [-0.25, -0.2) is 0 Å². The highest BCUT2D eigenvalue weighted by molar-refractivity contribution is 4.94. The summed E-state index contributed by atoms with van der Waals surface area (Å²) in [5.74, 6) is 0.897. The molecular formula is C15H26O2. The minimum atomic E-state index is -0.387. The summed E-state index contributed by atoms with van der Waals surface area (Å²) < 4.78 is 5.82. The monoisotopic (exact) mass is 238 g/mol. The van der Waals surface area contributed by atoms with Crippen LogP contribution in [-0.2, 0) is 4.74 Å². The van der Waals surface area contributed by atoms with Crippen molar-refractivity contribution in [1.82, 2.24) is 0 Å². The maximum absolute atomic E-state index is 10.7. The summed E-state index contributed by atoms with van der Waals surface area (Å²) in [6, 6.07) is 0. The molecule has 3 fully saturated rings. The molecule has 3 aliphatic rings. The van der Waals surface area contributed by atoms with Crippen LogP contribution < -0.4 is 0 Å². The molecule has 1 aliphatic carbocycles. The van der Waals surface area contributed by atoms with E-state index < -0.39 is 0 Å². The van der Waals surface area contributed by atoms with Crippen LogP contribution in [0.2, 0.25) is 0 Å². The van der Waals surface area contributed by atoms with Gasteiger partial charge in [0.25, 0.3) is 0 Å². The summed E-state index contributed by atoms with van der Waals surface area (Å²) >= 11 is 0. The Balaban J connectivity index is 1.50. The van der Waals surface area contributed by atoms with E-state index in [1.807, 2.05) is 0 Å². The van der Waals surface area contributed by atoms with E-state index in [9.17, 15) is 5.11 Å². The van der Waals surface area contributed by atoms with Crippen LogP contribution in [0.15, 0.2) is 0 Å². The van der Waals surface area contributed by atoms with Crippen molar-refractivity contribution in [2.24, 2.45) is 5.92 Å². The van der Waals surface area contributed by atoms with Crippen LogP contribution in [0, 0.1) is 5.92 Å². The van der Waals surface area contributed by atoms with Crippen LogP contribution in [0.3, 0.4) is 0 Å². The van der Waals surface area contributed by atoms with Crippen molar-refractivity contribution >= 4 is 0 Å². The van der Waals surface area contributed by atoms with Crippen molar-refractivity contribution in [3.05, 3.63) is 0 Å². The molecule has 0 aromatic heterocycles. The van der Waals surface area contributed by atoms with E-state index in [0.717, 1.165) is 25.2 Å². The van der Waals surface area contributed by atoms with Crippen molar-refractivity contribution in [3.63, 3.8) is 0 Å². The fraction of sp³-hybridized carbons (Fsp3) is 1.00. The zero-order valence-corrected chi connectivity index (χ0v) is 10.9. The Morgan fingerprint density at radius 1 is 0.941 bits per heavy atom. The van der Waals surface area contributed by atoms with E-state index in [1.165, 1.54) is 51.4 Å². The van der Waals surface area contributed by atoms with Crippen LogP contribution in [0.1, 0.15) is 70.6 Å². The van der Waals surface area contributed by atoms with Crippen molar-refractivity contribution in [3.8, 4) is 0 Å². The highest BCUT2D eigenvalue weighted by Crippen LogP contribution is 2.41. The molecule has 2 unspecified atom stereocenters. The van der Waals surface area contributed by atoms with Gasteiger partial charge in [0, 0.05) is 12.8 Å². The molecule has 2 heteroatoms. The Bertz CT molecular complexity index is 246. The van der Waals surface area contributed by atoms with E-state index in [4.69, 9.17) is 4.74 Å². The lowest BCUT2D eigenvalue weighted by Gasteiger charge is -2.37. The lowest BCUT2D eigenvalue weighted by molar-refractivity contribution is -0.116. The largest absolute Gasteiger partial charge is 0.390 e. The van der Waals surface area contributed by atoms with Crippen LogP contribution in [0.5, 0.6) is 0 Å².